The SMILES string of the molecule is CCc1ccccc1-n1nc2c(c1-c1ccc(Cl)cc1)CN(OC(=O)OC(C)(C)C)C2. The highest BCUT2D eigenvalue weighted by Crippen LogP contribution is 2.36. The highest BCUT2D eigenvalue weighted by molar-refractivity contribution is 6.30. The number of rotatable bonds is 4. The third-order valence-electron chi connectivity index (χ3n) is 5.04. The Hall–Kier alpha value is -2.83. The number of nitrogens with zero attached hydrogens (tertiary/aromatic N) is 3. The van der Waals surface area contributed by atoms with Crippen LogP contribution in [-0.2, 0) is 29.1 Å². The van der Waals surface area contributed by atoms with Crippen LogP contribution in [0.1, 0.15) is 44.5 Å². The van der Waals surface area contributed by atoms with Crippen molar-refractivity contribution in [2.75, 3.05) is 0 Å². The van der Waals surface area contributed by atoms with Crippen molar-refractivity contribution in [3.63, 3.8) is 0 Å². The zero-order valence-corrected chi connectivity index (χ0v) is 18.9. The molecule has 31 heavy (non-hydrogen) atoms. The summed E-state index contributed by atoms with van der Waals surface area (Å²) in [6.45, 7) is 8.38. The lowest BCUT2D eigenvalue weighted by atomic mass is 10.1. The molecule has 2 aromatic carbocycles. The summed E-state index contributed by atoms with van der Waals surface area (Å²) in [7, 11) is 0. The third-order valence-corrected chi connectivity index (χ3v) is 5.29. The number of aromatic nitrogens is 2. The van der Waals surface area contributed by atoms with Crippen molar-refractivity contribution < 1.29 is 14.4 Å². The van der Waals surface area contributed by atoms with Crippen molar-refractivity contribution in [2.45, 2.75) is 52.8 Å². The predicted molar refractivity (Wildman–Crippen MR) is 120 cm³/mol. The number of carbonyl (C=O) groups excluding carboxylic acids is 1. The average molecular weight is 440 g/mol. The second kappa shape index (κ2) is 8.36. The fourth-order valence-corrected chi connectivity index (χ4v) is 3.85. The molecule has 0 radical (unpaired) electrons. The number of benzene rings is 2. The van der Waals surface area contributed by atoms with Gasteiger partial charge in [0.25, 0.3) is 0 Å². The number of hydrogen-bond donors (Lipinski definition) is 0. The Labute approximate surface area is 187 Å². The van der Waals surface area contributed by atoms with Gasteiger partial charge >= 0.3 is 6.16 Å². The van der Waals surface area contributed by atoms with Crippen molar-refractivity contribution in [2.24, 2.45) is 0 Å². The first kappa shape index (κ1) is 21.4. The van der Waals surface area contributed by atoms with Crippen LogP contribution in [0, 0.1) is 0 Å². The molecular formula is C24H26ClN3O3. The Morgan fingerprint density at radius 3 is 2.48 bits per heavy atom. The lowest BCUT2D eigenvalue weighted by Crippen LogP contribution is -2.29. The van der Waals surface area contributed by atoms with Gasteiger partial charge < -0.3 is 9.57 Å². The number of fused-ring (bicyclic) bond motifs is 1. The largest absolute Gasteiger partial charge is 0.528 e. The number of carbonyl (C=O) groups is 1. The van der Waals surface area contributed by atoms with Gasteiger partial charge in [0.15, 0.2) is 0 Å². The molecule has 162 valence electrons. The molecule has 0 saturated heterocycles. The first-order valence-electron chi connectivity index (χ1n) is 10.4. The van der Waals surface area contributed by atoms with Crippen LogP contribution in [0.3, 0.4) is 0 Å². The summed E-state index contributed by atoms with van der Waals surface area (Å²) in [6, 6.07) is 16.0. The monoisotopic (exact) mass is 439 g/mol. The van der Waals surface area contributed by atoms with Crippen LogP contribution in [0.4, 0.5) is 4.79 Å². The van der Waals surface area contributed by atoms with Crippen LogP contribution in [-0.4, -0.2) is 26.6 Å². The standard InChI is InChI=1S/C24H26ClN3O3/c1-5-16-8-6-7-9-21(16)28-22(17-10-12-18(25)13-11-17)19-14-27(15-20(19)26-28)31-23(29)30-24(2,3)4/h6-13H,5,14-15H2,1-4H3. The van der Waals surface area contributed by atoms with Crippen molar-refractivity contribution in [3.05, 3.63) is 70.4 Å². The molecule has 0 aliphatic carbocycles. The molecule has 4 rings (SSSR count). The maximum atomic E-state index is 12.1. The number of hydroxylamine groups is 2. The normalized spacial score (nSPS) is 13.8. The van der Waals surface area contributed by atoms with Gasteiger partial charge in [0.2, 0.25) is 0 Å². The minimum absolute atomic E-state index is 0.399. The van der Waals surface area contributed by atoms with Crippen LogP contribution < -0.4 is 0 Å². The van der Waals surface area contributed by atoms with Crippen molar-refractivity contribution in [1.29, 1.82) is 0 Å². The molecule has 3 aromatic rings. The summed E-state index contributed by atoms with van der Waals surface area (Å²) in [6.07, 6.45) is 0.184. The van der Waals surface area contributed by atoms with E-state index in [1.54, 1.807) is 25.8 Å². The molecule has 1 aliphatic heterocycles. The summed E-state index contributed by atoms with van der Waals surface area (Å²) in [4.78, 5) is 17.6. The Morgan fingerprint density at radius 2 is 1.81 bits per heavy atom. The molecule has 2 heterocycles. The van der Waals surface area contributed by atoms with Gasteiger partial charge in [0.1, 0.15) is 5.60 Å². The summed E-state index contributed by atoms with van der Waals surface area (Å²) in [5, 5.41) is 7.17. The molecule has 0 amide bonds. The Bertz CT molecular complexity index is 1100. The zero-order valence-electron chi connectivity index (χ0n) is 18.2. The number of hydrogen-bond acceptors (Lipinski definition) is 5. The summed E-state index contributed by atoms with van der Waals surface area (Å²) in [5.74, 6) is 0. The maximum absolute atomic E-state index is 12.1. The molecule has 0 spiro atoms. The number of halogens is 1. The van der Waals surface area contributed by atoms with E-state index in [2.05, 4.69) is 19.1 Å². The van der Waals surface area contributed by atoms with Gasteiger partial charge in [-0.25, -0.2) is 9.48 Å². The van der Waals surface area contributed by atoms with Crippen LogP contribution in [0.15, 0.2) is 48.5 Å². The minimum Gasteiger partial charge on any atom is -0.427 e. The average Bonchev–Trinajstić information content (AvgIpc) is 3.24. The highest BCUT2D eigenvalue weighted by atomic mass is 35.5. The van der Waals surface area contributed by atoms with Crippen LogP contribution in [0.25, 0.3) is 16.9 Å². The lowest BCUT2D eigenvalue weighted by molar-refractivity contribution is -0.148. The van der Waals surface area contributed by atoms with E-state index < -0.39 is 11.8 Å². The van der Waals surface area contributed by atoms with Crippen molar-refractivity contribution >= 4 is 17.8 Å². The number of ether oxygens (including phenoxy) is 1. The lowest BCUT2D eigenvalue weighted by Gasteiger charge is -2.21. The Balaban J connectivity index is 1.71. The topological polar surface area (TPSA) is 56.6 Å². The summed E-state index contributed by atoms with van der Waals surface area (Å²) < 4.78 is 7.28. The summed E-state index contributed by atoms with van der Waals surface area (Å²) in [5.41, 5.74) is 5.52. The summed E-state index contributed by atoms with van der Waals surface area (Å²) >= 11 is 6.13. The highest BCUT2D eigenvalue weighted by Gasteiger charge is 2.32. The smallest absolute Gasteiger partial charge is 0.427 e. The first-order chi connectivity index (χ1) is 14.7. The fourth-order valence-electron chi connectivity index (χ4n) is 3.72. The molecular weight excluding hydrogens is 414 g/mol. The molecule has 0 fully saturated rings. The second-order valence-corrected chi connectivity index (χ2v) is 8.97. The van der Waals surface area contributed by atoms with Crippen molar-refractivity contribution in [1.82, 2.24) is 14.8 Å². The third kappa shape index (κ3) is 4.60. The van der Waals surface area contributed by atoms with Gasteiger partial charge in [0.05, 0.1) is 30.2 Å². The van der Waals surface area contributed by atoms with Crippen LogP contribution in [0.5, 0.6) is 0 Å². The van der Waals surface area contributed by atoms with Crippen LogP contribution >= 0.6 is 11.6 Å². The van der Waals surface area contributed by atoms with Gasteiger partial charge in [-0.05, 0) is 51.0 Å². The van der Waals surface area contributed by atoms with Gasteiger partial charge in [-0.3, -0.25) is 0 Å². The molecule has 7 heteroatoms. The van der Waals surface area contributed by atoms with E-state index in [0.717, 1.165) is 34.6 Å². The zero-order chi connectivity index (χ0) is 22.2. The van der Waals surface area contributed by atoms with E-state index in [-0.39, 0.29) is 0 Å². The Morgan fingerprint density at radius 1 is 1.10 bits per heavy atom. The molecule has 1 aromatic heterocycles. The molecule has 1 aliphatic rings. The molecule has 0 saturated carbocycles. The first-order valence-corrected chi connectivity index (χ1v) is 10.7. The molecule has 0 unspecified atom stereocenters. The molecule has 0 N–H and O–H groups in total. The maximum Gasteiger partial charge on any atom is 0.528 e. The quantitative estimate of drug-likeness (QED) is 0.471. The van der Waals surface area contributed by atoms with E-state index in [1.165, 1.54) is 5.56 Å². The predicted octanol–water partition coefficient (Wildman–Crippen LogP) is 5.94. The number of para-hydroxylation sites is 1. The van der Waals surface area contributed by atoms with E-state index in [1.807, 2.05) is 41.1 Å². The van der Waals surface area contributed by atoms with Crippen LogP contribution in [0.2, 0.25) is 5.02 Å². The van der Waals surface area contributed by atoms with E-state index >= 15 is 0 Å². The van der Waals surface area contributed by atoms with Crippen molar-refractivity contribution in [3.8, 4) is 16.9 Å². The van der Waals surface area contributed by atoms with Gasteiger partial charge in [0, 0.05) is 16.1 Å². The van der Waals surface area contributed by atoms with E-state index in [0.29, 0.717) is 18.1 Å². The van der Waals surface area contributed by atoms with Gasteiger partial charge in [-0.15, -0.1) is 5.06 Å². The molecule has 0 bridgehead atoms. The molecule has 6 nitrogen and oxygen atoms in total. The van der Waals surface area contributed by atoms with E-state index in [9.17, 15) is 4.79 Å². The fraction of sp³-hybridized carbons (Fsp3) is 0.333. The molecule has 0 atom stereocenters. The Kier molecular flexibility index (Phi) is 5.77. The van der Waals surface area contributed by atoms with E-state index in [4.69, 9.17) is 26.3 Å². The van der Waals surface area contributed by atoms with Gasteiger partial charge in [-0.2, -0.15) is 5.10 Å². The van der Waals surface area contributed by atoms with Gasteiger partial charge in [-0.1, -0.05) is 48.9 Å². The second-order valence-electron chi connectivity index (χ2n) is 8.53. The minimum atomic E-state index is -0.713. The number of aryl methyl sites for hydroxylation is 1.